The summed E-state index contributed by atoms with van der Waals surface area (Å²) >= 11 is 5.86. The van der Waals surface area contributed by atoms with Crippen molar-refractivity contribution in [3.05, 3.63) is 93.5 Å². The van der Waals surface area contributed by atoms with Crippen LogP contribution in [-0.4, -0.2) is 10.8 Å². The summed E-state index contributed by atoms with van der Waals surface area (Å²) in [5, 5.41) is 14.3. The molecule has 1 N–H and O–H groups in total. The zero-order valence-corrected chi connectivity index (χ0v) is 14.1. The molecule has 6 nitrogen and oxygen atoms in total. The Labute approximate surface area is 154 Å². The predicted octanol–water partition coefficient (Wildman–Crippen LogP) is 5.29. The molecule has 3 aromatic rings. The van der Waals surface area contributed by atoms with Crippen molar-refractivity contribution < 1.29 is 14.5 Å². The smallest absolute Gasteiger partial charge is 0.282 e. The number of benzene rings is 3. The number of halogens is 1. The van der Waals surface area contributed by atoms with Crippen molar-refractivity contribution in [2.24, 2.45) is 0 Å². The number of amides is 1. The molecule has 0 saturated carbocycles. The zero-order valence-electron chi connectivity index (χ0n) is 13.4. The maximum atomic E-state index is 12.5. The topological polar surface area (TPSA) is 81.5 Å². The van der Waals surface area contributed by atoms with Crippen LogP contribution in [0.4, 0.5) is 11.4 Å². The van der Waals surface area contributed by atoms with Crippen molar-refractivity contribution in [1.29, 1.82) is 0 Å². The maximum absolute atomic E-state index is 12.5. The highest BCUT2D eigenvalue weighted by molar-refractivity contribution is 6.30. The summed E-state index contributed by atoms with van der Waals surface area (Å²) in [6.07, 6.45) is 0. The van der Waals surface area contributed by atoms with Gasteiger partial charge in [-0.25, -0.2) is 0 Å². The highest BCUT2D eigenvalue weighted by Crippen LogP contribution is 2.30. The fourth-order valence-electron chi connectivity index (χ4n) is 2.30. The van der Waals surface area contributed by atoms with Gasteiger partial charge in [0.05, 0.1) is 10.6 Å². The SMILES string of the molecule is O=C(Nc1ccccc1Oc1ccc(Cl)cc1)c1ccccc1[N+](=O)[O-]. The second-order valence-electron chi connectivity index (χ2n) is 5.28. The number of nitrogens with one attached hydrogen (secondary N) is 1. The summed E-state index contributed by atoms with van der Waals surface area (Å²) < 4.78 is 5.77. The third-order valence-electron chi connectivity index (χ3n) is 3.52. The van der Waals surface area contributed by atoms with E-state index < -0.39 is 10.8 Å². The molecular formula is C19H13ClN2O4. The summed E-state index contributed by atoms with van der Waals surface area (Å²) in [4.78, 5) is 23.0. The van der Waals surface area contributed by atoms with Crippen molar-refractivity contribution in [3.63, 3.8) is 0 Å². The number of para-hydroxylation sites is 3. The number of ether oxygens (including phenoxy) is 1. The van der Waals surface area contributed by atoms with Gasteiger partial charge in [0.25, 0.3) is 11.6 Å². The first kappa shape index (κ1) is 17.4. The second kappa shape index (κ2) is 7.67. The number of nitro benzene ring substituents is 1. The molecule has 0 atom stereocenters. The Kier molecular flexibility index (Phi) is 5.15. The first-order valence-corrected chi connectivity index (χ1v) is 7.99. The van der Waals surface area contributed by atoms with Crippen molar-refractivity contribution in [3.8, 4) is 11.5 Å². The van der Waals surface area contributed by atoms with Gasteiger partial charge in [-0.15, -0.1) is 0 Å². The van der Waals surface area contributed by atoms with Gasteiger partial charge in [-0.2, -0.15) is 0 Å². The fourth-order valence-corrected chi connectivity index (χ4v) is 2.43. The molecule has 0 aliphatic carbocycles. The summed E-state index contributed by atoms with van der Waals surface area (Å²) in [6, 6.07) is 19.3. The van der Waals surface area contributed by atoms with Gasteiger partial charge < -0.3 is 10.1 Å². The van der Waals surface area contributed by atoms with Gasteiger partial charge in [-0.05, 0) is 42.5 Å². The molecule has 26 heavy (non-hydrogen) atoms. The van der Waals surface area contributed by atoms with Crippen LogP contribution >= 0.6 is 11.6 Å². The van der Waals surface area contributed by atoms with Crippen LogP contribution in [0.3, 0.4) is 0 Å². The van der Waals surface area contributed by atoms with Gasteiger partial charge in [0.2, 0.25) is 0 Å². The molecule has 0 radical (unpaired) electrons. The third kappa shape index (κ3) is 3.99. The standard InChI is InChI=1S/C19H13ClN2O4/c20-13-9-11-14(12-10-13)26-18-8-4-2-6-16(18)21-19(23)15-5-1-3-7-17(15)22(24)25/h1-12H,(H,21,23). The Morgan fingerprint density at radius 2 is 1.62 bits per heavy atom. The molecule has 0 spiro atoms. The molecule has 0 aromatic heterocycles. The van der Waals surface area contributed by atoms with E-state index in [9.17, 15) is 14.9 Å². The minimum Gasteiger partial charge on any atom is -0.455 e. The summed E-state index contributed by atoms with van der Waals surface area (Å²) in [7, 11) is 0. The molecule has 7 heteroatoms. The molecule has 130 valence electrons. The lowest BCUT2D eigenvalue weighted by molar-refractivity contribution is -0.385. The summed E-state index contributed by atoms with van der Waals surface area (Å²) in [5.74, 6) is 0.355. The number of carbonyl (C=O) groups is 1. The highest BCUT2D eigenvalue weighted by atomic mass is 35.5. The lowest BCUT2D eigenvalue weighted by Crippen LogP contribution is -2.14. The van der Waals surface area contributed by atoms with Crippen molar-refractivity contribution in [2.75, 3.05) is 5.32 Å². The Balaban J connectivity index is 1.86. The molecular weight excluding hydrogens is 356 g/mol. The van der Waals surface area contributed by atoms with Gasteiger partial charge in [-0.3, -0.25) is 14.9 Å². The molecule has 0 bridgehead atoms. The Bertz CT molecular complexity index is 958. The summed E-state index contributed by atoms with van der Waals surface area (Å²) in [6.45, 7) is 0. The monoisotopic (exact) mass is 368 g/mol. The summed E-state index contributed by atoms with van der Waals surface area (Å²) in [5.41, 5.74) is 0.102. The van der Waals surface area contributed by atoms with E-state index in [1.807, 2.05) is 0 Å². The molecule has 1 amide bonds. The third-order valence-corrected chi connectivity index (χ3v) is 3.77. The molecule has 0 aliphatic rings. The number of nitrogens with zero attached hydrogens (tertiary/aromatic N) is 1. The van der Waals surface area contributed by atoms with Gasteiger partial charge in [-0.1, -0.05) is 35.9 Å². The molecule has 0 unspecified atom stereocenters. The number of rotatable bonds is 5. The van der Waals surface area contributed by atoms with Gasteiger partial charge in [0.1, 0.15) is 11.3 Å². The van der Waals surface area contributed by atoms with E-state index in [0.29, 0.717) is 22.2 Å². The van der Waals surface area contributed by atoms with Crippen molar-refractivity contribution >= 4 is 28.9 Å². The number of nitro groups is 1. The average Bonchev–Trinajstić information content (AvgIpc) is 2.65. The van der Waals surface area contributed by atoms with Gasteiger partial charge in [0.15, 0.2) is 5.75 Å². The first-order valence-electron chi connectivity index (χ1n) is 7.62. The van der Waals surface area contributed by atoms with E-state index in [2.05, 4.69) is 5.32 Å². The van der Waals surface area contributed by atoms with Crippen LogP contribution in [0.5, 0.6) is 11.5 Å². The van der Waals surface area contributed by atoms with E-state index in [-0.39, 0.29) is 11.3 Å². The molecule has 0 saturated heterocycles. The van der Waals surface area contributed by atoms with Crippen LogP contribution in [0.15, 0.2) is 72.8 Å². The van der Waals surface area contributed by atoms with Crippen LogP contribution in [0.2, 0.25) is 5.02 Å². The number of hydrogen-bond donors (Lipinski definition) is 1. The van der Waals surface area contributed by atoms with E-state index in [4.69, 9.17) is 16.3 Å². The Morgan fingerprint density at radius 3 is 2.35 bits per heavy atom. The molecule has 0 aliphatic heterocycles. The van der Waals surface area contributed by atoms with Crippen LogP contribution in [0, 0.1) is 10.1 Å². The Hall–Kier alpha value is -3.38. The van der Waals surface area contributed by atoms with E-state index >= 15 is 0 Å². The first-order chi connectivity index (χ1) is 12.5. The van der Waals surface area contributed by atoms with E-state index in [1.165, 1.54) is 18.2 Å². The van der Waals surface area contributed by atoms with Crippen molar-refractivity contribution in [2.45, 2.75) is 0 Å². The number of anilines is 1. The maximum Gasteiger partial charge on any atom is 0.282 e. The minimum absolute atomic E-state index is 0.0289. The molecule has 3 rings (SSSR count). The lowest BCUT2D eigenvalue weighted by atomic mass is 10.1. The number of hydrogen-bond acceptors (Lipinski definition) is 4. The van der Waals surface area contributed by atoms with Crippen LogP contribution in [0.25, 0.3) is 0 Å². The van der Waals surface area contributed by atoms with Gasteiger partial charge in [0, 0.05) is 11.1 Å². The number of carbonyl (C=O) groups excluding carboxylic acids is 1. The largest absolute Gasteiger partial charge is 0.455 e. The molecule has 0 fully saturated rings. The quantitative estimate of drug-likeness (QED) is 0.489. The van der Waals surface area contributed by atoms with Gasteiger partial charge >= 0.3 is 0 Å². The highest BCUT2D eigenvalue weighted by Gasteiger charge is 2.20. The normalized spacial score (nSPS) is 10.2. The predicted molar refractivity (Wildman–Crippen MR) is 99.0 cm³/mol. The van der Waals surface area contributed by atoms with Crippen LogP contribution in [0.1, 0.15) is 10.4 Å². The second-order valence-corrected chi connectivity index (χ2v) is 5.72. The lowest BCUT2D eigenvalue weighted by Gasteiger charge is -2.12. The van der Waals surface area contributed by atoms with Crippen molar-refractivity contribution in [1.82, 2.24) is 0 Å². The van der Waals surface area contributed by atoms with E-state index in [0.717, 1.165) is 0 Å². The van der Waals surface area contributed by atoms with Crippen LogP contribution < -0.4 is 10.1 Å². The molecule has 0 heterocycles. The fraction of sp³-hybridized carbons (Fsp3) is 0. The average molecular weight is 369 g/mol. The Morgan fingerprint density at radius 1 is 0.962 bits per heavy atom. The zero-order chi connectivity index (χ0) is 18.5. The van der Waals surface area contributed by atoms with E-state index in [1.54, 1.807) is 54.6 Å². The molecule has 3 aromatic carbocycles. The minimum atomic E-state index is -0.593. The van der Waals surface area contributed by atoms with Crippen LogP contribution in [-0.2, 0) is 0 Å².